The number of rotatable bonds is 1. The Morgan fingerprint density at radius 1 is 1.50 bits per heavy atom. The number of hydrogen-bond donors (Lipinski definition) is 0. The van der Waals surface area contributed by atoms with E-state index in [1.54, 1.807) is 0 Å². The van der Waals surface area contributed by atoms with Gasteiger partial charge in [0, 0.05) is 8.59 Å². The van der Waals surface area contributed by atoms with Gasteiger partial charge in [-0.2, -0.15) is 0 Å². The van der Waals surface area contributed by atoms with Crippen LogP contribution in [0.3, 0.4) is 0 Å². The Morgan fingerprint density at radius 3 is 2.70 bits per heavy atom. The second kappa shape index (κ2) is 3.39. The zero-order valence-electron chi connectivity index (χ0n) is 5.20. The highest BCUT2D eigenvalue weighted by Gasteiger charge is 1.94. The van der Waals surface area contributed by atoms with Crippen molar-refractivity contribution in [1.82, 2.24) is 0 Å². The molecule has 0 spiro atoms. The van der Waals surface area contributed by atoms with Crippen molar-refractivity contribution in [2.45, 2.75) is 0 Å². The van der Waals surface area contributed by atoms with Crippen molar-refractivity contribution in [3.63, 3.8) is 0 Å². The molecule has 0 saturated heterocycles. The van der Waals surface area contributed by atoms with Gasteiger partial charge >= 0.3 is 0 Å². The average Bonchev–Trinajstić information content (AvgIpc) is 1.94. The topological polar surface area (TPSA) is 0 Å². The van der Waals surface area contributed by atoms with Gasteiger partial charge in [0.1, 0.15) is 0 Å². The van der Waals surface area contributed by atoms with Crippen LogP contribution < -0.4 is 0 Å². The maximum atomic E-state index is 5.72. The van der Waals surface area contributed by atoms with Crippen molar-refractivity contribution in [3.8, 4) is 0 Å². The average molecular weight is 263 g/mol. The molecule has 0 N–H and O–H groups in total. The van der Waals surface area contributed by atoms with E-state index in [1.165, 1.54) is 0 Å². The fourth-order valence-corrected chi connectivity index (χ4v) is 1.33. The zero-order valence-corrected chi connectivity index (χ0v) is 8.11. The normalized spacial score (nSPS) is 9.40. The number of halogens is 2. The van der Waals surface area contributed by atoms with E-state index < -0.39 is 0 Å². The molecular formula is C8H5ClI. The fraction of sp³-hybridized carbons (Fsp3) is 0. The highest BCUT2D eigenvalue weighted by Crippen LogP contribution is 2.17. The SMILES string of the molecule is C=[C]c1cc(Cl)ccc1I. The molecule has 0 amide bonds. The van der Waals surface area contributed by atoms with Crippen LogP contribution in [-0.4, -0.2) is 0 Å². The summed E-state index contributed by atoms with van der Waals surface area (Å²) in [6.45, 7) is 3.54. The molecule has 0 unspecified atom stereocenters. The Kier molecular flexibility index (Phi) is 2.74. The molecule has 51 valence electrons. The molecule has 0 bridgehead atoms. The summed E-state index contributed by atoms with van der Waals surface area (Å²) in [6, 6.07) is 5.64. The van der Waals surface area contributed by atoms with E-state index in [4.69, 9.17) is 11.6 Å². The van der Waals surface area contributed by atoms with Crippen molar-refractivity contribution in [2.75, 3.05) is 0 Å². The third kappa shape index (κ3) is 1.73. The van der Waals surface area contributed by atoms with E-state index >= 15 is 0 Å². The van der Waals surface area contributed by atoms with E-state index in [2.05, 4.69) is 35.2 Å². The lowest BCUT2D eigenvalue weighted by Crippen LogP contribution is -1.78. The van der Waals surface area contributed by atoms with Gasteiger partial charge in [-0.3, -0.25) is 0 Å². The molecule has 1 radical (unpaired) electrons. The summed E-state index contributed by atoms with van der Waals surface area (Å²) in [6.07, 6.45) is 2.79. The van der Waals surface area contributed by atoms with Gasteiger partial charge in [-0.05, 0) is 52.4 Å². The van der Waals surface area contributed by atoms with Gasteiger partial charge in [0.25, 0.3) is 0 Å². The minimum atomic E-state index is 0.728. The van der Waals surface area contributed by atoms with Crippen molar-refractivity contribution in [3.05, 3.63) is 45.0 Å². The predicted octanol–water partition coefficient (Wildman–Crippen LogP) is 3.28. The first kappa shape index (κ1) is 8.08. The van der Waals surface area contributed by atoms with Crippen molar-refractivity contribution in [1.29, 1.82) is 0 Å². The summed E-state index contributed by atoms with van der Waals surface area (Å²) < 4.78 is 1.12. The van der Waals surface area contributed by atoms with Gasteiger partial charge in [-0.1, -0.05) is 18.2 Å². The second-order valence-corrected chi connectivity index (χ2v) is 3.40. The van der Waals surface area contributed by atoms with Gasteiger partial charge in [0.2, 0.25) is 0 Å². The van der Waals surface area contributed by atoms with Crippen LogP contribution >= 0.6 is 34.2 Å². The van der Waals surface area contributed by atoms with Crippen molar-refractivity contribution in [2.24, 2.45) is 0 Å². The van der Waals surface area contributed by atoms with Gasteiger partial charge in [-0.15, -0.1) is 0 Å². The van der Waals surface area contributed by atoms with E-state index in [0.29, 0.717) is 0 Å². The van der Waals surface area contributed by atoms with Crippen LogP contribution in [0.25, 0.3) is 0 Å². The maximum Gasteiger partial charge on any atom is 0.0412 e. The van der Waals surface area contributed by atoms with Crippen LogP contribution in [0, 0.1) is 9.65 Å². The Morgan fingerprint density at radius 2 is 2.20 bits per heavy atom. The summed E-state index contributed by atoms with van der Waals surface area (Å²) in [5, 5.41) is 0.728. The largest absolute Gasteiger partial charge is 0.0905 e. The molecule has 1 aromatic rings. The first-order valence-corrected chi connectivity index (χ1v) is 4.18. The molecule has 0 aliphatic heterocycles. The number of benzene rings is 1. The van der Waals surface area contributed by atoms with E-state index in [-0.39, 0.29) is 0 Å². The summed E-state index contributed by atoms with van der Waals surface area (Å²) in [7, 11) is 0. The molecule has 0 heterocycles. The fourth-order valence-electron chi connectivity index (χ4n) is 0.633. The molecule has 2 heteroatoms. The van der Waals surface area contributed by atoms with Crippen LogP contribution in [0.4, 0.5) is 0 Å². The second-order valence-electron chi connectivity index (χ2n) is 1.80. The molecule has 0 aliphatic rings. The molecule has 0 nitrogen and oxygen atoms in total. The lowest BCUT2D eigenvalue weighted by atomic mass is 10.2. The van der Waals surface area contributed by atoms with Gasteiger partial charge in [-0.25, -0.2) is 0 Å². The minimum absolute atomic E-state index is 0.728. The predicted molar refractivity (Wildman–Crippen MR) is 52.1 cm³/mol. The molecule has 0 aliphatic carbocycles. The molecule has 10 heavy (non-hydrogen) atoms. The standard InChI is InChI=1S/C8H5ClI/c1-2-6-5-7(9)3-4-8(6)10/h3-5H,1H2. The minimum Gasteiger partial charge on any atom is -0.0905 e. The molecule has 0 fully saturated rings. The highest BCUT2D eigenvalue weighted by atomic mass is 127. The Labute approximate surface area is 79.0 Å². The van der Waals surface area contributed by atoms with E-state index in [9.17, 15) is 0 Å². The molecule has 0 aromatic heterocycles. The van der Waals surface area contributed by atoms with Crippen LogP contribution in [0.2, 0.25) is 5.02 Å². The smallest absolute Gasteiger partial charge is 0.0412 e. The Balaban J connectivity index is 3.21. The van der Waals surface area contributed by atoms with Crippen molar-refractivity contribution >= 4 is 34.2 Å². The first-order valence-electron chi connectivity index (χ1n) is 2.72. The van der Waals surface area contributed by atoms with Gasteiger partial charge in [0.15, 0.2) is 0 Å². The van der Waals surface area contributed by atoms with Gasteiger partial charge < -0.3 is 0 Å². The molecule has 1 rings (SSSR count). The Hall–Kier alpha value is -0.0200. The Bertz CT molecular complexity index is 255. The summed E-state index contributed by atoms with van der Waals surface area (Å²) in [5.74, 6) is 0. The third-order valence-corrected chi connectivity index (χ3v) is 2.29. The van der Waals surface area contributed by atoms with Crippen LogP contribution in [0.1, 0.15) is 5.56 Å². The first-order chi connectivity index (χ1) is 4.74. The quantitative estimate of drug-likeness (QED) is 0.682. The van der Waals surface area contributed by atoms with Gasteiger partial charge in [0.05, 0.1) is 0 Å². The number of hydrogen-bond acceptors (Lipinski definition) is 0. The molecule has 0 saturated carbocycles. The monoisotopic (exact) mass is 263 g/mol. The molecule has 0 atom stereocenters. The van der Waals surface area contributed by atoms with Crippen LogP contribution in [0.15, 0.2) is 24.8 Å². The lowest BCUT2D eigenvalue weighted by Gasteiger charge is -1.96. The maximum absolute atomic E-state index is 5.72. The zero-order chi connectivity index (χ0) is 7.56. The third-order valence-electron chi connectivity index (χ3n) is 1.12. The van der Waals surface area contributed by atoms with Crippen LogP contribution in [0.5, 0.6) is 0 Å². The molecular weight excluding hydrogens is 258 g/mol. The van der Waals surface area contributed by atoms with E-state index in [0.717, 1.165) is 14.2 Å². The van der Waals surface area contributed by atoms with E-state index in [1.807, 2.05) is 18.2 Å². The lowest BCUT2D eigenvalue weighted by molar-refractivity contribution is 1.53. The highest BCUT2D eigenvalue weighted by molar-refractivity contribution is 14.1. The molecule has 1 aromatic carbocycles. The van der Waals surface area contributed by atoms with Crippen molar-refractivity contribution < 1.29 is 0 Å². The summed E-state index contributed by atoms with van der Waals surface area (Å²) in [4.78, 5) is 0. The van der Waals surface area contributed by atoms with Crippen LogP contribution in [-0.2, 0) is 0 Å². The summed E-state index contributed by atoms with van der Waals surface area (Å²) >= 11 is 7.94. The summed E-state index contributed by atoms with van der Waals surface area (Å²) in [5.41, 5.74) is 0.966.